The number of hydrogen-bond acceptors (Lipinski definition) is 3. The number of aliphatic hydroxyl groups excluding tert-OH is 1. The van der Waals surface area contributed by atoms with Crippen LogP contribution in [0.4, 0.5) is 0 Å². The Morgan fingerprint density at radius 1 is 1.42 bits per heavy atom. The van der Waals surface area contributed by atoms with Crippen molar-refractivity contribution in [3.8, 4) is 5.75 Å². The van der Waals surface area contributed by atoms with Crippen LogP contribution in [-0.4, -0.2) is 35.8 Å². The third-order valence-corrected chi connectivity index (χ3v) is 3.61. The molecule has 1 aromatic rings. The molecular weight excluding hydrogens is 262 g/mol. The molecule has 3 nitrogen and oxygen atoms in total. The van der Waals surface area contributed by atoms with Crippen molar-refractivity contribution >= 4 is 11.6 Å². The molecule has 0 spiro atoms. The molecule has 1 fully saturated rings. The Morgan fingerprint density at radius 3 is 2.79 bits per heavy atom. The number of hydrogen-bond donors (Lipinski definition) is 1. The topological polar surface area (TPSA) is 32.7 Å². The molecule has 19 heavy (non-hydrogen) atoms. The average molecular weight is 282 g/mol. The maximum atomic E-state index is 9.48. The largest absolute Gasteiger partial charge is 0.488 e. The van der Waals surface area contributed by atoms with Crippen LogP contribution in [0.1, 0.15) is 18.4 Å². The molecule has 0 amide bonds. The molecule has 2 rings (SSSR count). The smallest absolute Gasteiger partial charge is 0.138 e. The summed E-state index contributed by atoms with van der Waals surface area (Å²) in [6.07, 6.45) is 3.28. The zero-order valence-electron chi connectivity index (χ0n) is 11.0. The number of rotatable bonds is 5. The van der Waals surface area contributed by atoms with Crippen LogP contribution in [-0.2, 0) is 6.54 Å². The first-order chi connectivity index (χ1) is 9.19. The van der Waals surface area contributed by atoms with Crippen molar-refractivity contribution in [3.05, 3.63) is 41.4 Å². The number of nitrogens with zero attached hydrogens (tertiary/aromatic N) is 1. The molecule has 1 aromatic carbocycles. The van der Waals surface area contributed by atoms with Crippen molar-refractivity contribution in [2.45, 2.75) is 25.5 Å². The minimum atomic E-state index is -0.130. The predicted molar refractivity (Wildman–Crippen MR) is 77.7 cm³/mol. The van der Waals surface area contributed by atoms with E-state index in [0.29, 0.717) is 17.4 Å². The number of piperidine rings is 1. The Balaban J connectivity index is 1.94. The van der Waals surface area contributed by atoms with Crippen LogP contribution in [0.3, 0.4) is 0 Å². The summed E-state index contributed by atoms with van der Waals surface area (Å²) in [6, 6.07) is 5.89. The lowest BCUT2D eigenvalue weighted by Gasteiger charge is -2.29. The second-order valence-electron chi connectivity index (χ2n) is 4.87. The van der Waals surface area contributed by atoms with Gasteiger partial charge in [-0.15, -0.1) is 0 Å². The van der Waals surface area contributed by atoms with Gasteiger partial charge < -0.3 is 9.84 Å². The first-order valence-corrected chi connectivity index (χ1v) is 6.99. The maximum absolute atomic E-state index is 9.48. The van der Waals surface area contributed by atoms with E-state index in [1.54, 1.807) is 6.08 Å². The quantitative estimate of drug-likeness (QED) is 0.843. The van der Waals surface area contributed by atoms with Crippen molar-refractivity contribution in [1.29, 1.82) is 0 Å². The van der Waals surface area contributed by atoms with E-state index in [4.69, 9.17) is 16.3 Å². The second kappa shape index (κ2) is 6.94. The van der Waals surface area contributed by atoms with E-state index in [1.807, 2.05) is 18.2 Å². The van der Waals surface area contributed by atoms with Crippen molar-refractivity contribution in [2.24, 2.45) is 0 Å². The summed E-state index contributed by atoms with van der Waals surface area (Å²) in [5, 5.41) is 10.1. The Labute approximate surface area is 119 Å². The van der Waals surface area contributed by atoms with E-state index < -0.39 is 0 Å². The van der Waals surface area contributed by atoms with Gasteiger partial charge in [-0.2, -0.15) is 0 Å². The number of likely N-dealkylation sites (tertiary alicyclic amines) is 1. The highest BCUT2D eigenvalue weighted by Crippen LogP contribution is 2.26. The van der Waals surface area contributed by atoms with Crippen LogP contribution in [0.5, 0.6) is 5.75 Å². The van der Waals surface area contributed by atoms with Gasteiger partial charge in [-0.1, -0.05) is 30.3 Å². The summed E-state index contributed by atoms with van der Waals surface area (Å²) >= 11 is 6.19. The van der Waals surface area contributed by atoms with Gasteiger partial charge >= 0.3 is 0 Å². The Bertz CT molecular complexity index is 428. The van der Waals surface area contributed by atoms with Crippen LogP contribution in [0, 0.1) is 0 Å². The highest BCUT2D eigenvalue weighted by Gasteiger charge is 2.17. The molecule has 1 aliphatic rings. The van der Waals surface area contributed by atoms with Crippen molar-refractivity contribution in [3.63, 3.8) is 0 Å². The van der Waals surface area contributed by atoms with Crippen molar-refractivity contribution in [1.82, 2.24) is 4.90 Å². The van der Waals surface area contributed by atoms with Gasteiger partial charge in [0.2, 0.25) is 0 Å². The molecule has 0 radical (unpaired) electrons. The van der Waals surface area contributed by atoms with Gasteiger partial charge in [0.05, 0.1) is 11.1 Å². The van der Waals surface area contributed by atoms with E-state index in [1.165, 1.54) is 5.56 Å². The Morgan fingerprint density at radius 2 is 2.16 bits per heavy atom. The summed E-state index contributed by atoms with van der Waals surface area (Å²) in [7, 11) is 0. The van der Waals surface area contributed by atoms with Crippen molar-refractivity contribution < 1.29 is 9.84 Å². The van der Waals surface area contributed by atoms with E-state index >= 15 is 0 Å². The van der Waals surface area contributed by atoms with Gasteiger partial charge in [0, 0.05) is 19.6 Å². The second-order valence-corrected chi connectivity index (χ2v) is 5.28. The number of benzene rings is 1. The summed E-state index contributed by atoms with van der Waals surface area (Å²) in [5.41, 5.74) is 1.17. The molecular formula is C15H20ClNO2. The van der Waals surface area contributed by atoms with Gasteiger partial charge in [-0.25, -0.2) is 0 Å². The van der Waals surface area contributed by atoms with Crippen LogP contribution < -0.4 is 4.74 Å². The van der Waals surface area contributed by atoms with Gasteiger partial charge in [0.25, 0.3) is 0 Å². The molecule has 4 heteroatoms. The average Bonchev–Trinajstić information content (AvgIpc) is 2.41. The predicted octanol–water partition coefficient (Wildman–Crippen LogP) is 2.86. The number of ether oxygens (including phenoxy) is 1. The molecule has 0 unspecified atom stereocenters. The van der Waals surface area contributed by atoms with E-state index in [9.17, 15) is 5.11 Å². The normalized spacial score (nSPS) is 17.4. The third kappa shape index (κ3) is 4.23. The molecule has 0 saturated carbocycles. The monoisotopic (exact) mass is 281 g/mol. The van der Waals surface area contributed by atoms with E-state index in [0.717, 1.165) is 32.5 Å². The van der Waals surface area contributed by atoms with Crippen LogP contribution >= 0.6 is 11.6 Å². The highest BCUT2D eigenvalue weighted by molar-refractivity contribution is 6.32. The molecule has 104 valence electrons. The van der Waals surface area contributed by atoms with Crippen LogP contribution in [0.25, 0.3) is 0 Å². The van der Waals surface area contributed by atoms with Gasteiger partial charge in [-0.05, 0) is 30.5 Å². The van der Waals surface area contributed by atoms with Crippen LogP contribution in [0.15, 0.2) is 30.9 Å². The zero-order chi connectivity index (χ0) is 13.7. The molecule has 0 bridgehead atoms. The number of halogens is 1. The molecule has 1 N–H and O–H groups in total. The highest BCUT2D eigenvalue weighted by atomic mass is 35.5. The zero-order valence-corrected chi connectivity index (χ0v) is 11.8. The van der Waals surface area contributed by atoms with Gasteiger partial charge in [0.1, 0.15) is 12.4 Å². The Kier molecular flexibility index (Phi) is 5.25. The lowest BCUT2D eigenvalue weighted by Crippen LogP contribution is -2.35. The molecule has 1 heterocycles. The van der Waals surface area contributed by atoms with Crippen LogP contribution in [0.2, 0.25) is 5.02 Å². The fraction of sp³-hybridized carbons (Fsp3) is 0.467. The molecule has 1 saturated heterocycles. The maximum Gasteiger partial charge on any atom is 0.138 e. The minimum absolute atomic E-state index is 0.130. The number of aliphatic hydroxyl groups is 1. The molecule has 0 aromatic heterocycles. The van der Waals surface area contributed by atoms with Gasteiger partial charge in [-0.3, -0.25) is 4.90 Å². The molecule has 0 aliphatic carbocycles. The van der Waals surface area contributed by atoms with E-state index in [-0.39, 0.29) is 6.10 Å². The van der Waals surface area contributed by atoms with E-state index in [2.05, 4.69) is 11.5 Å². The fourth-order valence-electron chi connectivity index (χ4n) is 2.24. The standard InChI is InChI=1S/C15H20ClNO2/c1-2-9-19-15-4-3-12(10-14(15)16)11-17-7-5-13(18)6-8-17/h2-4,10,13,18H,1,5-9,11H2. The Hall–Kier alpha value is -1.03. The van der Waals surface area contributed by atoms with Gasteiger partial charge in [0.15, 0.2) is 0 Å². The summed E-state index contributed by atoms with van der Waals surface area (Å²) < 4.78 is 5.45. The van der Waals surface area contributed by atoms with Crippen molar-refractivity contribution in [2.75, 3.05) is 19.7 Å². The first kappa shape index (κ1) is 14.4. The summed E-state index contributed by atoms with van der Waals surface area (Å²) in [4.78, 5) is 2.34. The first-order valence-electron chi connectivity index (χ1n) is 6.61. The summed E-state index contributed by atoms with van der Waals surface area (Å²) in [6.45, 7) is 6.82. The minimum Gasteiger partial charge on any atom is -0.488 e. The lowest BCUT2D eigenvalue weighted by molar-refractivity contribution is 0.0792. The SMILES string of the molecule is C=CCOc1ccc(CN2CCC(O)CC2)cc1Cl. The lowest BCUT2D eigenvalue weighted by atomic mass is 10.1. The molecule has 1 aliphatic heterocycles. The summed E-state index contributed by atoms with van der Waals surface area (Å²) in [5.74, 6) is 0.694. The third-order valence-electron chi connectivity index (χ3n) is 3.32. The fourth-order valence-corrected chi connectivity index (χ4v) is 2.50. The molecule has 0 atom stereocenters.